The number of hydrogen-bond acceptors (Lipinski definition) is 2. The third-order valence-corrected chi connectivity index (χ3v) is 4.18. The van der Waals surface area contributed by atoms with E-state index in [0.717, 1.165) is 0 Å². The maximum Gasteiger partial charge on any atom is 0.115 e. The van der Waals surface area contributed by atoms with Gasteiger partial charge in [0.25, 0.3) is 0 Å². The minimum atomic E-state index is 0. The molecular weight excluding hydrogens is 753 g/mol. The monoisotopic (exact) mass is 790 g/mol. The molecule has 4 rings (SSSR count). The quantitative estimate of drug-likeness (QED) is 0.290. The second kappa shape index (κ2) is 26.6. The third-order valence-electron chi connectivity index (χ3n) is 4.18. The molecule has 0 aliphatic heterocycles. The van der Waals surface area contributed by atoms with Gasteiger partial charge in [0.15, 0.2) is 0 Å². The van der Waals surface area contributed by atoms with E-state index in [1.165, 1.54) is 51.4 Å². The zero-order valence-corrected chi connectivity index (χ0v) is 23.4. The second-order valence-corrected chi connectivity index (χ2v) is 6.87. The summed E-state index contributed by atoms with van der Waals surface area (Å²) in [5.74, 6) is 0.644. The molecule has 2 nitrogen and oxygen atoms in total. The maximum atomic E-state index is 8.63. The van der Waals surface area contributed by atoms with Crippen LogP contribution < -0.4 is 0 Å². The van der Waals surface area contributed by atoms with Crippen molar-refractivity contribution >= 4 is 0 Å². The van der Waals surface area contributed by atoms with Crippen LogP contribution in [0.1, 0.15) is 51.4 Å². The van der Waals surface area contributed by atoms with Crippen LogP contribution in [0.2, 0.25) is 0 Å². The van der Waals surface area contributed by atoms with Crippen LogP contribution >= 0.6 is 0 Å². The molecule has 2 aromatic carbocycles. The molecule has 178 valence electrons. The van der Waals surface area contributed by atoms with Crippen molar-refractivity contribution in [1.82, 2.24) is 0 Å². The minimum Gasteiger partial charge on any atom is -0.508 e. The predicted molar refractivity (Wildman–Crippen MR) is 128 cm³/mol. The molecule has 4 heteroatoms. The molecule has 0 heterocycles. The molecule has 0 aromatic heterocycles. The van der Waals surface area contributed by atoms with Crippen LogP contribution in [-0.2, 0) is 40.2 Å². The number of aromatic hydroxyl groups is 2. The van der Waals surface area contributed by atoms with Crippen LogP contribution in [0, 0.1) is 51.4 Å². The summed E-state index contributed by atoms with van der Waals surface area (Å²) in [4.78, 5) is 0. The first-order valence-corrected chi connectivity index (χ1v) is 10.9. The molecular formula is C28H36Ir2O2. The molecule has 0 spiro atoms. The Morgan fingerprint density at radius 1 is 0.344 bits per heavy atom. The Morgan fingerprint density at radius 3 is 0.656 bits per heavy atom. The summed E-state index contributed by atoms with van der Waals surface area (Å²) in [5.41, 5.74) is 0. The number of phenolic OH excluding ortho intramolecular Hbond substituents is 2. The molecule has 2 saturated carbocycles. The molecule has 0 amide bonds. The van der Waals surface area contributed by atoms with Gasteiger partial charge in [-0.3, -0.25) is 0 Å². The summed E-state index contributed by atoms with van der Waals surface area (Å²) >= 11 is 0. The van der Waals surface area contributed by atoms with Gasteiger partial charge in [0.1, 0.15) is 11.5 Å². The van der Waals surface area contributed by atoms with Gasteiger partial charge in [-0.05, 0) is 127 Å². The van der Waals surface area contributed by atoms with Gasteiger partial charge in [0.2, 0.25) is 0 Å². The van der Waals surface area contributed by atoms with Crippen molar-refractivity contribution in [3.05, 3.63) is 112 Å². The summed E-state index contributed by atoms with van der Waals surface area (Å²) in [6, 6.07) is 17.4. The minimum absolute atomic E-state index is 0. The Kier molecular flexibility index (Phi) is 27.8. The Bertz CT molecular complexity index is 477. The topological polar surface area (TPSA) is 40.5 Å². The van der Waals surface area contributed by atoms with Crippen molar-refractivity contribution < 1.29 is 50.4 Å². The molecule has 0 bridgehead atoms. The number of para-hydroxylation sites is 2. The SMILES string of the molecule is Oc1ccccc1.Oc1ccccc1.[CH]1[CH]CC[CH][CH]CC1.[CH]1[CH]CC[CH][CH]CC1.[Ir].[Ir]. The summed E-state index contributed by atoms with van der Waals surface area (Å²) < 4.78 is 0. The van der Waals surface area contributed by atoms with Crippen molar-refractivity contribution in [1.29, 1.82) is 0 Å². The summed E-state index contributed by atoms with van der Waals surface area (Å²) in [7, 11) is 0. The van der Waals surface area contributed by atoms with Crippen LogP contribution in [-0.4, -0.2) is 10.2 Å². The first-order chi connectivity index (χ1) is 14.8. The van der Waals surface area contributed by atoms with Gasteiger partial charge in [-0.25, -0.2) is 0 Å². The zero-order chi connectivity index (χ0) is 21.5. The number of hydrogen-bond donors (Lipinski definition) is 2. The summed E-state index contributed by atoms with van der Waals surface area (Å²) in [6.07, 6.45) is 28.0. The van der Waals surface area contributed by atoms with Crippen molar-refractivity contribution in [2.75, 3.05) is 0 Å². The van der Waals surface area contributed by atoms with Crippen molar-refractivity contribution in [3.63, 3.8) is 0 Å². The van der Waals surface area contributed by atoms with Gasteiger partial charge in [-0.1, -0.05) is 36.4 Å². The summed E-state index contributed by atoms with van der Waals surface area (Å²) in [5, 5.41) is 17.3. The normalized spacial score (nSPS) is 15.8. The van der Waals surface area contributed by atoms with Crippen LogP contribution in [0.5, 0.6) is 11.5 Å². The molecule has 2 aliphatic rings. The van der Waals surface area contributed by atoms with E-state index in [1.54, 1.807) is 48.5 Å². The van der Waals surface area contributed by atoms with Gasteiger partial charge >= 0.3 is 0 Å². The van der Waals surface area contributed by atoms with E-state index in [0.29, 0.717) is 11.5 Å². The van der Waals surface area contributed by atoms with E-state index in [9.17, 15) is 0 Å². The van der Waals surface area contributed by atoms with Gasteiger partial charge in [0.05, 0.1) is 0 Å². The van der Waals surface area contributed by atoms with E-state index in [1.807, 2.05) is 12.1 Å². The first kappa shape index (κ1) is 33.5. The maximum absolute atomic E-state index is 8.63. The first-order valence-electron chi connectivity index (χ1n) is 10.9. The Hall–Kier alpha value is -0.661. The Balaban J connectivity index is 0. The number of phenols is 2. The Labute approximate surface area is 224 Å². The molecule has 0 atom stereocenters. The largest absolute Gasteiger partial charge is 0.508 e. The van der Waals surface area contributed by atoms with E-state index in [2.05, 4.69) is 51.4 Å². The van der Waals surface area contributed by atoms with Crippen molar-refractivity contribution in [2.45, 2.75) is 51.4 Å². The van der Waals surface area contributed by atoms with Crippen LogP contribution in [0.4, 0.5) is 0 Å². The molecule has 2 aromatic rings. The van der Waals surface area contributed by atoms with Crippen molar-refractivity contribution in [2.24, 2.45) is 0 Å². The second-order valence-electron chi connectivity index (χ2n) is 6.87. The fourth-order valence-corrected chi connectivity index (χ4v) is 2.57. The zero-order valence-electron chi connectivity index (χ0n) is 18.6. The van der Waals surface area contributed by atoms with Gasteiger partial charge in [-0.2, -0.15) is 0 Å². The van der Waals surface area contributed by atoms with Crippen LogP contribution in [0.15, 0.2) is 60.7 Å². The van der Waals surface area contributed by atoms with Crippen LogP contribution in [0.3, 0.4) is 0 Å². The molecule has 0 saturated heterocycles. The number of rotatable bonds is 0. The van der Waals surface area contributed by atoms with E-state index in [-0.39, 0.29) is 40.2 Å². The molecule has 2 fully saturated rings. The van der Waals surface area contributed by atoms with E-state index in [4.69, 9.17) is 10.2 Å². The third kappa shape index (κ3) is 24.0. The fraction of sp³-hybridized carbons (Fsp3) is 0.286. The van der Waals surface area contributed by atoms with Crippen LogP contribution in [0.25, 0.3) is 0 Å². The van der Waals surface area contributed by atoms with Gasteiger partial charge in [0, 0.05) is 40.2 Å². The number of benzene rings is 2. The summed E-state index contributed by atoms with van der Waals surface area (Å²) in [6.45, 7) is 0. The molecule has 2 aliphatic carbocycles. The molecule has 32 heavy (non-hydrogen) atoms. The van der Waals surface area contributed by atoms with E-state index < -0.39 is 0 Å². The fourth-order valence-electron chi connectivity index (χ4n) is 2.57. The smallest absolute Gasteiger partial charge is 0.115 e. The average Bonchev–Trinajstić information content (AvgIpc) is 2.70. The standard InChI is InChI=1S/2C8H12.2C6H6O.2Ir/c2*1-2-4-6-8-7-5-3-1;2*7-6-4-2-1-3-5-6;;/h2*1-2,7-8H,3-6H2;2*1-5,7H;;. The van der Waals surface area contributed by atoms with E-state index >= 15 is 0 Å². The predicted octanol–water partition coefficient (Wildman–Crippen LogP) is 7.53. The molecule has 10 radical (unpaired) electrons. The van der Waals surface area contributed by atoms with Gasteiger partial charge in [-0.15, -0.1) is 0 Å². The molecule has 2 N–H and O–H groups in total. The van der Waals surface area contributed by atoms with Crippen molar-refractivity contribution in [3.8, 4) is 11.5 Å². The molecule has 0 unspecified atom stereocenters. The van der Waals surface area contributed by atoms with Gasteiger partial charge < -0.3 is 10.2 Å². The average molecular weight is 789 g/mol. The Morgan fingerprint density at radius 2 is 0.531 bits per heavy atom.